The number of ether oxygens (including phenoxy) is 7. The van der Waals surface area contributed by atoms with Gasteiger partial charge in [-0.25, -0.2) is 0 Å². The van der Waals surface area contributed by atoms with E-state index in [-0.39, 0.29) is 35.4 Å². The summed E-state index contributed by atoms with van der Waals surface area (Å²) in [7, 11) is 1.44. The van der Waals surface area contributed by atoms with E-state index >= 15 is 0 Å². The number of hydrogen-bond donors (Lipinski definition) is 1. The van der Waals surface area contributed by atoms with Crippen molar-refractivity contribution in [2.75, 3.05) is 13.7 Å². The highest BCUT2D eigenvalue weighted by atomic mass is 16.7. The van der Waals surface area contributed by atoms with Crippen molar-refractivity contribution in [3.8, 4) is 0 Å². The highest BCUT2D eigenvalue weighted by Crippen LogP contribution is 2.68. The maximum atomic E-state index is 12.3. The van der Waals surface area contributed by atoms with Gasteiger partial charge in [-0.3, -0.25) is 24.0 Å². The summed E-state index contributed by atoms with van der Waals surface area (Å²) < 4.78 is 39.7. The lowest BCUT2D eigenvalue weighted by atomic mass is 9.43. The number of aliphatic hydroxyl groups excluding tert-OH is 1. The minimum atomic E-state index is -1.30. The second-order valence-corrected chi connectivity index (χ2v) is 16.7. The van der Waals surface area contributed by atoms with Crippen molar-refractivity contribution in [1.82, 2.24) is 0 Å². The molecule has 0 aromatic heterocycles. The Morgan fingerprint density at radius 3 is 2.02 bits per heavy atom. The van der Waals surface area contributed by atoms with E-state index in [4.69, 9.17) is 33.2 Å². The predicted octanol–water partition coefficient (Wildman–Crippen LogP) is 4.67. The third kappa shape index (κ3) is 8.31. The number of fused-ring (bicyclic) bond motifs is 5. The SMILES string of the molecule is COC(=O)CC[C@@H](C)[C@H]1CC[C@H]2[C@@H]3C[C@@H](O)[C@H]4C[C@H](O[C@@H]5O[C@H](COC(C)=O)[C@@H](OC(C)=O)[C@H](OC(C)=O)[C@H]5OC(C)=O)CC[C@]4(C)[C@H]3CC[C@]12C. The average Bonchev–Trinajstić information content (AvgIpc) is 3.42. The zero-order valence-corrected chi connectivity index (χ0v) is 32.1. The molecule has 5 fully saturated rings. The molecule has 0 radical (unpaired) electrons. The van der Waals surface area contributed by atoms with Crippen LogP contribution < -0.4 is 0 Å². The van der Waals surface area contributed by atoms with E-state index in [1.807, 2.05) is 0 Å². The van der Waals surface area contributed by atoms with Crippen molar-refractivity contribution >= 4 is 29.8 Å². The van der Waals surface area contributed by atoms with E-state index in [0.717, 1.165) is 44.9 Å². The van der Waals surface area contributed by atoms with Crippen molar-refractivity contribution in [3.63, 3.8) is 0 Å². The summed E-state index contributed by atoms with van der Waals surface area (Å²) in [6, 6.07) is 0. The molecule has 1 heterocycles. The molecular weight excluding hydrogens is 676 g/mol. The Kier molecular flexibility index (Phi) is 12.7. The smallest absolute Gasteiger partial charge is 0.305 e. The zero-order valence-electron chi connectivity index (χ0n) is 32.1. The molecule has 0 spiro atoms. The van der Waals surface area contributed by atoms with Crippen LogP contribution in [0.15, 0.2) is 0 Å². The normalized spacial score (nSPS) is 41.6. The van der Waals surface area contributed by atoms with E-state index in [0.29, 0.717) is 48.9 Å². The summed E-state index contributed by atoms with van der Waals surface area (Å²) in [4.78, 5) is 60.4. The van der Waals surface area contributed by atoms with Crippen LogP contribution in [0.3, 0.4) is 0 Å². The minimum absolute atomic E-state index is 0.0290. The maximum absolute atomic E-state index is 12.3. The van der Waals surface area contributed by atoms with E-state index in [1.165, 1.54) is 34.8 Å². The second-order valence-electron chi connectivity index (χ2n) is 16.7. The Morgan fingerprint density at radius 2 is 1.38 bits per heavy atom. The summed E-state index contributed by atoms with van der Waals surface area (Å²) in [6.45, 7) is 11.6. The monoisotopic (exact) mass is 736 g/mol. The molecule has 1 N–H and O–H groups in total. The Labute approximate surface area is 307 Å². The van der Waals surface area contributed by atoms with Gasteiger partial charge >= 0.3 is 29.8 Å². The Bertz CT molecular complexity index is 1330. The van der Waals surface area contributed by atoms with Crippen LogP contribution >= 0.6 is 0 Å². The highest BCUT2D eigenvalue weighted by molar-refractivity contribution is 5.69. The van der Waals surface area contributed by atoms with Crippen LogP contribution in [0.2, 0.25) is 0 Å². The molecule has 5 aliphatic rings. The van der Waals surface area contributed by atoms with Crippen molar-refractivity contribution in [1.29, 1.82) is 0 Å². The molecule has 0 bridgehead atoms. The van der Waals surface area contributed by atoms with Gasteiger partial charge in [-0.2, -0.15) is 0 Å². The van der Waals surface area contributed by atoms with Crippen molar-refractivity contribution in [2.24, 2.45) is 46.3 Å². The van der Waals surface area contributed by atoms with Crippen molar-refractivity contribution < 1.29 is 62.2 Å². The molecule has 0 aromatic rings. The van der Waals surface area contributed by atoms with Crippen molar-refractivity contribution in [3.05, 3.63) is 0 Å². The molecule has 15 atom stereocenters. The molecule has 5 rings (SSSR count). The Hall–Kier alpha value is -2.77. The highest BCUT2D eigenvalue weighted by Gasteiger charge is 2.63. The van der Waals surface area contributed by atoms with Crippen LogP contribution in [0.1, 0.15) is 113 Å². The number of methoxy groups -OCH3 is 1. The number of hydrogen-bond acceptors (Lipinski definition) is 13. The first-order valence-electron chi connectivity index (χ1n) is 19.2. The molecule has 1 saturated heterocycles. The number of rotatable bonds is 11. The molecule has 52 heavy (non-hydrogen) atoms. The molecule has 0 amide bonds. The van der Waals surface area contributed by atoms with Crippen LogP contribution in [0.5, 0.6) is 0 Å². The summed E-state index contributed by atoms with van der Waals surface area (Å²) in [5.74, 6) is -0.475. The third-order valence-electron chi connectivity index (χ3n) is 13.7. The molecule has 4 saturated carbocycles. The molecular formula is C39H60O13. The van der Waals surface area contributed by atoms with Gasteiger partial charge in [0.25, 0.3) is 0 Å². The van der Waals surface area contributed by atoms with E-state index in [1.54, 1.807) is 0 Å². The number of esters is 5. The maximum Gasteiger partial charge on any atom is 0.305 e. The summed E-state index contributed by atoms with van der Waals surface area (Å²) in [5, 5.41) is 11.9. The van der Waals surface area contributed by atoms with E-state index < -0.39 is 60.7 Å². The molecule has 294 valence electrons. The number of carbonyl (C=O) groups excluding carboxylic acids is 5. The summed E-state index contributed by atoms with van der Waals surface area (Å²) >= 11 is 0. The lowest BCUT2D eigenvalue weighted by molar-refractivity contribution is -0.322. The first kappa shape index (κ1) is 40.4. The fourth-order valence-corrected chi connectivity index (χ4v) is 11.5. The molecule has 0 unspecified atom stereocenters. The predicted molar refractivity (Wildman–Crippen MR) is 184 cm³/mol. The average molecular weight is 737 g/mol. The topological polar surface area (TPSA) is 170 Å². The molecule has 0 aromatic carbocycles. The van der Waals surface area contributed by atoms with E-state index in [9.17, 15) is 29.1 Å². The van der Waals surface area contributed by atoms with Gasteiger partial charge in [0.2, 0.25) is 0 Å². The lowest BCUT2D eigenvalue weighted by Gasteiger charge is -2.62. The first-order valence-corrected chi connectivity index (χ1v) is 19.2. The standard InChI is InChI=1S/C39H60O13/c1-20(9-12-33(45)46-8)27-10-11-28-26-18-31(44)30-17-25(13-15-39(30,7)29(26)14-16-38(27,28)6)51-37-36(50-24(5)43)35(49-23(4)42)34(48-22(3)41)32(52-37)19-47-21(2)40/h20,25-32,34-37,44H,9-19H2,1-8H3/t20-,25-,26+,27-,28+,29+,30-,31-,32-,34-,35+,36-,37-,38-,39-/m1/s1. The van der Waals surface area contributed by atoms with Gasteiger partial charge in [0.15, 0.2) is 24.6 Å². The Morgan fingerprint density at radius 1 is 0.769 bits per heavy atom. The van der Waals surface area contributed by atoms with Crippen LogP contribution in [0, 0.1) is 46.3 Å². The Balaban J connectivity index is 1.33. The summed E-state index contributed by atoms with van der Waals surface area (Å²) in [5.41, 5.74) is 0.0778. The van der Waals surface area contributed by atoms with E-state index in [2.05, 4.69) is 20.8 Å². The molecule has 13 nitrogen and oxygen atoms in total. The second kappa shape index (κ2) is 16.3. The molecule has 13 heteroatoms. The third-order valence-corrected chi connectivity index (χ3v) is 13.7. The number of aliphatic hydroxyl groups is 1. The fraction of sp³-hybridized carbons (Fsp3) is 0.872. The van der Waals surface area contributed by atoms with Gasteiger partial charge in [-0.05, 0) is 104 Å². The molecule has 4 aliphatic carbocycles. The van der Waals surface area contributed by atoms with Gasteiger partial charge in [0, 0.05) is 34.1 Å². The van der Waals surface area contributed by atoms with Crippen molar-refractivity contribution in [2.45, 2.75) is 156 Å². The quantitative estimate of drug-likeness (QED) is 0.177. The van der Waals surface area contributed by atoms with Gasteiger partial charge in [0.05, 0.1) is 19.3 Å². The van der Waals surface area contributed by atoms with Crippen LogP contribution in [-0.2, 0) is 57.1 Å². The zero-order chi connectivity index (χ0) is 38.1. The van der Waals surface area contributed by atoms with Gasteiger partial charge < -0.3 is 38.3 Å². The minimum Gasteiger partial charge on any atom is -0.469 e. The lowest BCUT2D eigenvalue weighted by Crippen LogP contribution is -2.64. The molecule has 1 aliphatic heterocycles. The van der Waals surface area contributed by atoms with Crippen LogP contribution in [0.25, 0.3) is 0 Å². The first-order chi connectivity index (χ1) is 24.5. The van der Waals surface area contributed by atoms with Crippen LogP contribution in [0.4, 0.5) is 0 Å². The van der Waals surface area contributed by atoms with Gasteiger partial charge in [0.1, 0.15) is 12.7 Å². The summed E-state index contributed by atoms with van der Waals surface area (Å²) in [6.07, 6.45) is 1.54. The van der Waals surface area contributed by atoms with Gasteiger partial charge in [-0.15, -0.1) is 0 Å². The number of carbonyl (C=O) groups is 5. The van der Waals surface area contributed by atoms with Crippen LogP contribution in [-0.4, -0.2) is 91.6 Å². The fourth-order valence-electron chi connectivity index (χ4n) is 11.5. The largest absolute Gasteiger partial charge is 0.469 e. The van der Waals surface area contributed by atoms with Gasteiger partial charge in [-0.1, -0.05) is 20.8 Å².